The number of halogens is 4. The van der Waals surface area contributed by atoms with Gasteiger partial charge in [-0.25, -0.2) is 0 Å². The first kappa shape index (κ1) is 11.3. The van der Waals surface area contributed by atoms with Gasteiger partial charge in [-0.3, -0.25) is 0 Å². The number of nitrogen functional groups attached to an aromatic ring is 1. The molecule has 3 N–H and O–H groups in total. The van der Waals surface area contributed by atoms with Gasteiger partial charge in [-0.05, 0) is 18.2 Å². The summed E-state index contributed by atoms with van der Waals surface area (Å²) in [5.41, 5.74) is 4.88. The molecule has 6 heteroatoms. The van der Waals surface area contributed by atoms with Crippen molar-refractivity contribution < 1.29 is 18.3 Å². The van der Waals surface area contributed by atoms with Crippen LogP contribution in [0.5, 0.6) is 0 Å². The van der Waals surface area contributed by atoms with Crippen molar-refractivity contribution in [1.82, 2.24) is 0 Å². The maximum atomic E-state index is 12.1. The fourth-order valence-electron chi connectivity index (χ4n) is 0.959. The van der Waals surface area contributed by atoms with Crippen LogP contribution in [0.1, 0.15) is 11.7 Å². The van der Waals surface area contributed by atoms with Gasteiger partial charge >= 0.3 is 6.18 Å². The van der Waals surface area contributed by atoms with Crippen LogP contribution in [0.25, 0.3) is 0 Å². The van der Waals surface area contributed by atoms with Gasteiger partial charge in [0.25, 0.3) is 0 Å². The summed E-state index contributed by atoms with van der Waals surface area (Å²) in [5, 5.41) is 8.94. The molecule has 0 heterocycles. The zero-order chi connectivity index (χ0) is 10.9. The van der Waals surface area contributed by atoms with Crippen LogP contribution in [0, 0.1) is 0 Å². The van der Waals surface area contributed by atoms with Crippen LogP contribution in [0.4, 0.5) is 18.9 Å². The van der Waals surface area contributed by atoms with Crippen molar-refractivity contribution in [2.75, 3.05) is 5.73 Å². The van der Waals surface area contributed by atoms with E-state index in [1.54, 1.807) is 0 Å². The van der Waals surface area contributed by atoms with Gasteiger partial charge in [0.1, 0.15) is 0 Å². The molecular formula is C8H7BrF3NO. The Hall–Kier alpha value is -0.750. The number of benzene rings is 1. The fraction of sp³-hybridized carbons (Fsp3) is 0.250. The lowest BCUT2D eigenvalue weighted by Crippen LogP contribution is -2.21. The van der Waals surface area contributed by atoms with E-state index in [1.165, 1.54) is 12.1 Å². The van der Waals surface area contributed by atoms with Gasteiger partial charge in [0.2, 0.25) is 0 Å². The maximum Gasteiger partial charge on any atom is 0.418 e. The van der Waals surface area contributed by atoms with Crippen molar-refractivity contribution in [3.63, 3.8) is 0 Å². The molecule has 0 aliphatic rings. The highest BCUT2D eigenvalue weighted by Gasteiger charge is 2.40. The monoisotopic (exact) mass is 269 g/mol. The first-order valence-corrected chi connectivity index (χ1v) is 4.41. The van der Waals surface area contributed by atoms with Crippen molar-refractivity contribution in [3.8, 4) is 0 Å². The Morgan fingerprint density at radius 2 is 1.93 bits per heavy atom. The average Bonchev–Trinajstić information content (AvgIpc) is 2.06. The average molecular weight is 270 g/mol. The number of aliphatic hydroxyl groups is 1. The molecule has 1 atom stereocenters. The fourth-order valence-corrected chi connectivity index (χ4v) is 1.34. The van der Waals surface area contributed by atoms with Gasteiger partial charge < -0.3 is 10.8 Å². The SMILES string of the molecule is Nc1ccc(Br)cc1C(O)C(F)(F)F. The molecule has 0 bridgehead atoms. The summed E-state index contributed by atoms with van der Waals surface area (Å²) in [5.74, 6) is 0. The minimum absolute atomic E-state index is 0.0852. The topological polar surface area (TPSA) is 46.2 Å². The lowest BCUT2D eigenvalue weighted by molar-refractivity contribution is -0.206. The third kappa shape index (κ3) is 2.39. The summed E-state index contributed by atoms with van der Waals surface area (Å²) in [6.45, 7) is 0. The largest absolute Gasteiger partial charge is 0.418 e. The summed E-state index contributed by atoms with van der Waals surface area (Å²) in [4.78, 5) is 0. The molecule has 78 valence electrons. The Morgan fingerprint density at radius 1 is 1.36 bits per heavy atom. The van der Waals surface area contributed by atoms with E-state index in [0.717, 1.165) is 6.07 Å². The second kappa shape index (κ2) is 3.78. The molecule has 1 aromatic rings. The van der Waals surface area contributed by atoms with Gasteiger partial charge in [-0.2, -0.15) is 13.2 Å². The number of aliphatic hydroxyl groups excluding tert-OH is 1. The second-order valence-corrected chi connectivity index (χ2v) is 3.63. The van der Waals surface area contributed by atoms with Crippen LogP contribution >= 0.6 is 15.9 Å². The molecule has 0 aliphatic carbocycles. The number of alkyl halides is 3. The van der Waals surface area contributed by atoms with Crippen LogP contribution in [-0.4, -0.2) is 11.3 Å². The van der Waals surface area contributed by atoms with Gasteiger partial charge in [-0.1, -0.05) is 15.9 Å². The van der Waals surface area contributed by atoms with E-state index in [1.807, 2.05) is 0 Å². The smallest absolute Gasteiger partial charge is 0.398 e. The summed E-state index contributed by atoms with van der Waals surface area (Å²) in [6, 6.07) is 3.95. The van der Waals surface area contributed by atoms with E-state index < -0.39 is 12.3 Å². The van der Waals surface area contributed by atoms with Gasteiger partial charge in [0, 0.05) is 15.7 Å². The number of rotatable bonds is 1. The molecule has 0 radical (unpaired) electrons. The molecule has 0 fully saturated rings. The summed E-state index contributed by atoms with van der Waals surface area (Å²) in [7, 11) is 0. The quantitative estimate of drug-likeness (QED) is 0.770. The second-order valence-electron chi connectivity index (χ2n) is 2.72. The molecule has 14 heavy (non-hydrogen) atoms. The maximum absolute atomic E-state index is 12.1. The molecule has 0 amide bonds. The summed E-state index contributed by atoms with van der Waals surface area (Å²) >= 11 is 3.00. The number of hydrogen-bond donors (Lipinski definition) is 2. The molecule has 0 aliphatic heterocycles. The number of nitrogens with two attached hydrogens (primary N) is 1. The Bertz CT molecular complexity index is 340. The molecular weight excluding hydrogens is 263 g/mol. The van der Waals surface area contributed by atoms with E-state index in [9.17, 15) is 13.2 Å². The lowest BCUT2D eigenvalue weighted by atomic mass is 10.1. The molecule has 0 spiro atoms. The normalized spacial score (nSPS) is 14.1. The van der Waals surface area contributed by atoms with Crippen molar-refractivity contribution in [3.05, 3.63) is 28.2 Å². The summed E-state index contributed by atoms with van der Waals surface area (Å²) in [6.07, 6.45) is -7.24. The van der Waals surface area contributed by atoms with E-state index in [2.05, 4.69) is 15.9 Å². The predicted octanol–water partition coefficient (Wildman–Crippen LogP) is 2.63. The Balaban J connectivity index is 3.12. The highest BCUT2D eigenvalue weighted by atomic mass is 79.9. The van der Waals surface area contributed by atoms with Crippen LogP contribution in [-0.2, 0) is 0 Å². The lowest BCUT2D eigenvalue weighted by Gasteiger charge is -2.16. The van der Waals surface area contributed by atoms with Gasteiger partial charge in [0.05, 0.1) is 0 Å². The van der Waals surface area contributed by atoms with Crippen molar-refractivity contribution in [1.29, 1.82) is 0 Å². The molecule has 2 nitrogen and oxygen atoms in total. The minimum atomic E-state index is -4.70. The van der Waals surface area contributed by atoms with Crippen molar-refractivity contribution in [2.24, 2.45) is 0 Å². The van der Waals surface area contributed by atoms with E-state index >= 15 is 0 Å². The third-order valence-corrected chi connectivity index (χ3v) is 2.15. The Morgan fingerprint density at radius 3 is 2.43 bits per heavy atom. The minimum Gasteiger partial charge on any atom is -0.398 e. The standard InChI is InChI=1S/C8H7BrF3NO/c9-4-1-2-6(13)5(3-4)7(14)8(10,11)12/h1-3,7,14H,13H2. The first-order valence-electron chi connectivity index (χ1n) is 3.62. The molecule has 0 saturated carbocycles. The van der Waals surface area contributed by atoms with Crippen molar-refractivity contribution >= 4 is 21.6 Å². The van der Waals surface area contributed by atoms with Crippen LogP contribution < -0.4 is 5.73 Å². The highest BCUT2D eigenvalue weighted by Crippen LogP contribution is 2.36. The van der Waals surface area contributed by atoms with Crippen LogP contribution in [0.2, 0.25) is 0 Å². The Kier molecular flexibility index (Phi) is 3.06. The van der Waals surface area contributed by atoms with Crippen LogP contribution in [0.15, 0.2) is 22.7 Å². The van der Waals surface area contributed by atoms with E-state index in [0.29, 0.717) is 4.47 Å². The zero-order valence-corrected chi connectivity index (χ0v) is 8.43. The van der Waals surface area contributed by atoms with E-state index in [4.69, 9.17) is 10.8 Å². The molecule has 0 saturated heterocycles. The van der Waals surface area contributed by atoms with Gasteiger partial charge in [-0.15, -0.1) is 0 Å². The predicted molar refractivity (Wildman–Crippen MR) is 49.6 cm³/mol. The van der Waals surface area contributed by atoms with E-state index in [-0.39, 0.29) is 11.3 Å². The molecule has 1 unspecified atom stereocenters. The highest BCUT2D eigenvalue weighted by molar-refractivity contribution is 9.10. The molecule has 0 aromatic heterocycles. The van der Waals surface area contributed by atoms with Crippen LogP contribution in [0.3, 0.4) is 0 Å². The number of anilines is 1. The molecule has 1 aromatic carbocycles. The molecule has 1 rings (SSSR count). The summed E-state index contributed by atoms with van der Waals surface area (Å²) < 4.78 is 36.8. The number of hydrogen-bond acceptors (Lipinski definition) is 2. The van der Waals surface area contributed by atoms with Crippen molar-refractivity contribution in [2.45, 2.75) is 12.3 Å². The zero-order valence-electron chi connectivity index (χ0n) is 6.85. The first-order chi connectivity index (χ1) is 6.32. The third-order valence-electron chi connectivity index (χ3n) is 1.65. The van der Waals surface area contributed by atoms with Gasteiger partial charge in [0.15, 0.2) is 6.10 Å². The Labute approximate surface area is 86.7 Å².